The summed E-state index contributed by atoms with van der Waals surface area (Å²) in [5.74, 6) is -1.03. The standard InChI is InChI=1S/C22H18ClN3O3/c23-15-11-14(25-20(27)16-3-1-2-10-24-16)8-9-17(15)26-21(28)18-12-4-5-13(7-6-12)19(18)22(26)29/h1-5,8-13,18-19H,6-7H2,(H,25,27)/t12-,13+,18-,19+. The van der Waals surface area contributed by atoms with Crippen LogP contribution in [0.1, 0.15) is 23.3 Å². The molecule has 1 aliphatic heterocycles. The lowest BCUT2D eigenvalue weighted by molar-refractivity contribution is -0.124. The molecule has 1 aromatic heterocycles. The summed E-state index contributed by atoms with van der Waals surface area (Å²) >= 11 is 6.43. The minimum absolute atomic E-state index is 0.127. The molecular formula is C22H18ClN3O3. The van der Waals surface area contributed by atoms with Crippen LogP contribution in [0.25, 0.3) is 0 Å². The Balaban J connectivity index is 1.40. The van der Waals surface area contributed by atoms with E-state index in [0.717, 1.165) is 12.8 Å². The van der Waals surface area contributed by atoms with Crippen molar-refractivity contribution >= 4 is 40.7 Å². The summed E-state index contributed by atoms with van der Waals surface area (Å²) in [5.41, 5.74) is 1.11. The predicted molar refractivity (Wildman–Crippen MR) is 108 cm³/mol. The van der Waals surface area contributed by atoms with E-state index in [1.54, 1.807) is 36.4 Å². The van der Waals surface area contributed by atoms with Gasteiger partial charge >= 0.3 is 0 Å². The number of anilines is 2. The topological polar surface area (TPSA) is 79.4 Å². The Labute approximate surface area is 172 Å². The van der Waals surface area contributed by atoms with Crippen molar-refractivity contribution in [3.8, 4) is 0 Å². The highest BCUT2D eigenvalue weighted by molar-refractivity contribution is 6.36. The summed E-state index contributed by atoms with van der Waals surface area (Å²) in [5, 5.41) is 2.97. The number of pyridine rings is 1. The maximum absolute atomic E-state index is 13.1. The van der Waals surface area contributed by atoms with Gasteiger partial charge in [0, 0.05) is 11.9 Å². The lowest BCUT2D eigenvalue weighted by Gasteiger charge is -2.38. The van der Waals surface area contributed by atoms with Crippen molar-refractivity contribution in [2.24, 2.45) is 23.7 Å². The number of hydrogen-bond donors (Lipinski definition) is 1. The molecule has 2 bridgehead atoms. The normalized spacial score (nSPS) is 27.3. The molecule has 0 radical (unpaired) electrons. The summed E-state index contributed by atoms with van der Waals surface area (Å²) in [6, 6.07) is 9.86. The Morgan fingerprint density at radius 1 is 1.03 bits per heavy atom. The second kappa shape index (κ2) is 6.81. The SMILES string of the molecule is O=C(Nc1ccc(N2C(=O)[C@@H]3[C@H](C2=O)[C@@H]2C=C[C@H]3CC2)c(Cl)c1)c1ccccn1. The van der Waals surface area contributed by atoms with Gasteiger partial charge in [-0.3, -0.25) is 19.4 Å². The van der Waals surface area contributed by atoms with E-state index in [4.69, 9.17) is 11.6 Å². The largest absolute Gasteiger partial charge is 0.321 e. The maximum atomic E-state index is 13.1. The Morgan fingerprint density at radius 2 is 1.72 bits per heavy atom. The smallest absolute Gasteiger partial charge is 0.274 e. The number of hydrogen-bond acceptors (Lipinski definition) is 4. The average Bonchev–Trinajstić information content (AvgIpc) is 3.02. The molecule has 4 aliphatic rings. The van der Waals surface area contributed by atoms with E-state index in [1.165, 1.54) is 11.1 Å². The van der Waals surface area contributed by atoms with Crippen molar-refractivity contribution in [2.45, 2.75) is 12.8 Å². The number of fused-ring (bicyclic) bond motifs is 1. The zero-order chi connectivity index (χ0) is 20.1. The van der Waals surface area contributed by atoms with E-state index in [-0.39, 0.29) is 52.1 Å². The maximum Gasteiger partial charge on any atom is 0.274 e. The molecule has 29 heavy (non-hydrogen) atoms. The third-order valence-corrected chi connectivity index (χ3v) is 6.41. The summed E-state index contributed by atoms with van der Waals surface area (Å²) in [7, 11) is 0. The molecule has 1 saturated carbocycles. The van der Waals surface area contributed by atoms with Gasteiger partial charge in [0.1, 0.15) is 5.69 Å². The van der Waals surface area contributed by atoms with Crippen LogP contribution >= 0.6 is 11.6 Å². The van der Waals surface area contributed by atoms with Gasteiger partial charge in [0.15, 0.2) is 0 Å². The Bertz CT molecular complexity index is 1020. The van der Waals surface area contributed by atoms with E-state index in [9.17, 15) is 14.4 Å². The Kier molecular flexibility index (Phi) is 4.24. The molecule has 2 aromatic rings. The molecule has 1 aromatic carbocycles. The molecule has 2 fully saturated rings. The molecule has 6 nitrogen and oxygen atoms in total. The van der Waals surface area contributed by atoms with Crippen LogP contribution in [0.5, 0.6) is 0 Å². The number of imide groups is 1. The fourth-order valence-electron chi connectivity index (χ4n) is 4.77. The second-order valence-electron chi connectivity index (χ2n) is 7.69. The van der Waals surface area contributed by atoms with Crippen molar-refractivity contribution in [3.63, 3.8) is 0 Å². The van der Waals surface area contributed by atoms with Crippen LogP contribution in [0.15, 0.2) is 54.7 Å². The lowest BCUT2D eigenvalue weighted by Crippen LogP contribution is -2.38. The van der Waals surface area contributed by atoms with Gasteiger partial charge in [-0.2, -0.15) is 0 Å². The minimum Gasteiger partial charge on any atom is -0.321 e. The first-order valence-corrected chi connectivity index (χ1v) is 10.0. The summed E-state index contributed by atoms with van der Waals surface area (Å²) in [6.45, 7) is 0. The lowest BCUT2D eigenvalue weighted by atomic mass is 9.63. The van der Waals surface area contributed by atoms with Gasteiger partial charge in [-0.05, 0) is 55.0 Å². The van der Waals surface area contributed by atoms with Crippen molar-refractivity contribution < 1.29 is 14.4 Å². The first-order valence-electron chi connectivity index (χ1n) is 9.62. The van der Waals surface area contributed by atoms with Crippen LogP contribution < -0.4 is 10.2 Å². The van der Waals surface area contributed by atoms with Gasteiger partial charge in [-0.15, -0.1) is 0 Å². The summed E-state index contributed by atoms with van der Waals surface area (Å²) in [6.07, 6.45) is 7.60. The van der Waals surface area contributed by atoms with Crippen LogP contribution in [0.3, 0.4) is 0 Å². The van der Waals surface area contributed by atoms with Gasteiger partial charge in [-0.1, -0.05) is 29.8 Å². The molecule has 3 amide bonds. The second-order valence-corrected chi connectivity index (χ2v) is 8.10. The number of aromatic nitrogens is 1. The fraction of sp³-hybridized carbons (Fsp3) is 0.273. The number of benzene rings is 1. The minimum atomic E-state index is -0.364. The number of halogens is 1. The highest BCUT2D eigenvalue weighted by Gasteiger charge is 2.57. The molecule has 1 N–H and O–H groups in total. The molecule has 3 aliphatic carbocycles. The molecule has 146 valence electrons. The molecule has 0 unspecified atom stereocenters. The number of nitrogens with zero attached hydrogens (tertiary/aromatic N) is 2. The molecule has 1 saturated heterocycles. The Morgan fingerprint density at radius 3 is 2.28 bits per heavy atom. The van der Waals surface area contributed by atoms with E-state index < -0.39 is 0 Å². The number of amides is 3. The molecule has 2 heterocycles. The molecule has 6 rings (SSSR count). The van der Waals surface area contributed by atoms with Crippen molar-refractivity contribution in [3.05, 3.63) is 65.5 Å². The monoisotopic (exact) mass is 407 g/mol. The highest BCUT2D eigenvalue weighted by atomic mass is 35.5. The van der Waals surface area contributed by atoms with Crippen molar-refractivity contribution in [2.75, 3.05) is 10.2 Å². The number of carbonyl (C=O) groups is 3. The third-order valence-electron chi connectivity index (χ3n) is 6.10. The van der Waals surface area contributed by atoms with Crippen molar-refractivity contribution in [1.29, 1.82) is 0 Å². The number of nitrogens with one attached hydrogen (secondary N) is 1. The van der Waals surface area contributed by atoms with E-state index in [1.807, 2.05) is 0 Å². The van der Waals surface area contributed by atoms with Crippen LogP contribution in [0.4, 0.5) is 11.4 Å². The molecule has 4 atom stereocenters. The Hall–Kier alpha value is -2.99. The fourth-order valence-corrected chi connectivity index (χ4v) is 5.03. The first kappa shape index (κ1) is 18.1. The number of carbonyl (C=O) groups excluding carboxylic acids is 3. The van der Waals surface area contributed by atoms with Crippen LogP contribution in [-0.4, -0.2) is 22.7 Å². The van der Waals surface area contributed by atoms with Crippen LogP contribution in [-0.2, 0) is 9.59 Å². The first-order chi connectivity index (χ1) is 14.0. The van der Waals surface area contributed by atoms with Crippen LogP contribution in [0.2, 0.25) is 5.02 Å². The number of rotatable bonds is 3. The van der Waals surface area contributed by atoms with Crippen molar-refractivity contribution in [1.82, 2.24) is 4.98 Å². The predicted octanol–water partition coefficient (Wildman–Crippen LogP) is 3.69. The quantitative estimate of drug-likeness (QED) is 0.621. The molecule has 0 spiro atoms. The number of allylic oxidation sites excluding steroid dienone is 2. The van der Waals surface area contributed by atoms with Gasteiger partial charge in [-0.25, -0.2) is 4.90 Å². The van der Waals surface area contributed by atoms with Gasteiger partial charge < -0.3 is 5.32 Å². The summed E-state index contributed by atoms with van der Waals surface area (Å²) in [4.78, 5) is 43.7. The van der Waals surface area contributed by atoms with Gasteiger partial charge in [0.25, 0.3) is 5.91 Å². The highest BCUT2D eigenvalue weighted by Crippen LogP contribution is 2.51. The van der Waals surface area contributed by atoms with Crippen LogP contribution in [0, 0.1) is 23.7 Å². The molecule has 7 heteroatoms. The third kappa shape index (κ3) is 2.86. The molecular weight excluding hydrogens is 390 g/mol. The van der Waals surface area contributed by atoms with Gasteiger partial charge in [0.2, 0.25) is 11.8 Å². The zero-order valence-electron chi connectivity index (χ0n) is 15.4. The van der Waals surface area contributed by atoms with E-state index in [0.29, 0.717) is 11.4 Å². The average molecular weight is 408 g/mol. The van der Waals surface area contributed by atoms with E-state index >= 15 is 0 Å². The van der Waals surface area contributed by atoms with Gasteiger partial charge in [0.05, 0.1) is 22.5 Å². The van der Waals surface area contributed by atoms with E-state index in [2.05, 4.69) is 22.5 Å². The zero-order valence-corrected chi connectivity index (χ0v) is 16.2. The summed E-state index contributed by atoms with van der Waals surface area (Å²) < 4.78 is 0.